The number of nitrogens with zero attached hydrogens (tertiary/aromatic N) is 11. The van der Waals surface area contributed by atoms with E-state index in [1.54, 1.807) is 6.20 Å². The summed E-state index contributed by atoms with van der Waals surface area (Å²) in [5.74, 6) is 59.1. The number of nitrogen functional groups attached to an aromatic ring is 1. The minimum Gasteiger partial charge on any atom is -0.383 e. The minimum absolute atomic E-state index is 0. The summed E-state index contributed by atoms with van der Waals surface area (Å²) in [7, 11) is 0. The fourth-order valence-corrected chi connectivity index (χ4v) is 5.38. The lowest BCUT2D eigenvalue weighted by Crippen LogP contribution is -2.35. The van der Waals surface area contributed by atoms with Crippen LogP contribution in [-0.4, -0.2) is 38.7 Å². The summed E-state index contributed by atoms with van der Waals surface area (Å²) in [6.07, 6.45) is 17.4. The molecule has 3 aromatic heterocycles. The van der Waals surface area contributed by atoms with E-state index in [4.69, 9.17) is 29.0 Å². The van der Waals surface area contributed by atoms with Crippen LogP contribution in [0.3, 0.4) is 0 Å². The highest BCUT2D eigenvalue weighted by Crippen LogP contribution is 2.24. The van der Waals surface area contributed by atoms with Gasteiger partial charge in [0.15, 0.2) is 0 Å². The molecule has 1 aliphatic rings. The molecule has 0 saturated carbocycles. The molecule has 1 fully saturated rings. The number of nitrogens with two attached hydrogens (primary N) is 1. The Kier molecular flexibility index (Phi) is 24.4. The molecule has 68 heavy (non-hydrogen) atoms. The lowest BCUT2D eigenvalue weighted by atomic mass is 9.96. The smallest absolute Gasteiger partial charge is 0.272 e. The largest absolute Gasteiger partial charge is 0.383 e. The number of carbonyl (C=O) groups is 1. The van der Waals surface area contributed by atoms with Crippen molar-refractivity contribution < 1.29 is 23.3 Å². The van der Waals surface area contributed by atoms with Crippen LogP contribution >= 0.6 is 0 Å². The highest BCUT2D eigenvalue weighted by Gasteiger charge is 2.22. The summed E-state index contributed by atoms with van der Waals surface area (Å²) >= 11 is 0. The van der Waals surface area contributed by atoms with Gasteiger partial charge in [0.25, 0.3) is 5.91 Å². The topological polar surface area (TPSA) is 217 Å². The molecule has 0 aliphatic carbocycles. The van der Waals surface area contributed by atoms with E-state index >= 15 is 0 Å². The van der Waals surface area contributed by atoms with Crippen LogP contribution in [0.5, 0.6) is 0 Å². The molecule has 1 amide bonds. The van der Waals surface area contributed by atoms with Gasteiger partial charge < -0.3 is 16.0 Å². The van der Waals surface area contributed by atoms with Gasteiger partial charge in [-0.25, -0.2) is 4.98 Å². The third-order valence-electron chi connectivity index (χ3n) is 8.26. The predicted octanol–water partition coefficient (Wildman–Crippen LogP) is 8.48. The number of aryl methyl sites for hydroxylation is 1. The van der Waals surface area contributed by atoms with Gasteiger partial charge in [-0.05, 0) is 177 Å². The maximum atomic E-state index is 12.8. The zero-order valence-corrected chi connectivity index (χ0v) is 36.1. The maximum Gasteiger partial charge on any atom is 0.272 e. The molecule has 0 bridgehead atoms. The molecule has 5 rings (SSSR count). The van der Waals surface area contributed by atoms with Crippen molar-refractivity contribution in [2.75, 3.05) is 23.7 Å². The van der Waals surface area contributed by atoms with Gasteiger partial charge in [-0.2, -0.15) is 10.6 Å². The first-order chi connectivity index (χ1) is 33.4. The Morgan fingerprint density at radius 3 is 1.75 bits per heavy atom. The Hall–Kier alpha value is -11.3. The van der Waals surface area contributed by atoms with Crippen LogP contribution < -0.4 is 16.0 Å². The molecule has 16 heteroatoms. The van der Waals surface area contributed by atoms with Gasteiger partial charge in [-0.1, -0.05) is 12.1 Å². The van der Waals surface area contributed by atoms with Gasteiger partial charge in [-0.15, -0.1) is 17.8 Å². The Bertz CT molecular complexity index is 3290. The molecule has 4 heterocycles. The van der Waals surface area contributed by atoms with Crippen LogP contribution in [0.15, 0.2) is 92.5 Å². The quantitative estimate of drug-likeness (QED) is 0.0643. The van der Waals surface area contributed by atoms with E-state index in [2.05, 4.69) is 206 Å². The molecule has 1 saturated heterocycles. The Morgan fingerprint density at radius 2 is 1.25 bits per heavy atom. The number of pyridine rings is 2. The molecule has 0 unspecified atom stereocenters. The van der Waals surface area contributed by atoms with Crippen LogP contribution in [0.2, 0.25) is 0 Å². The van der Waals surface area contributed by atoms with Gasteiger partial charge in [-0.3, -0.25) is 14.5 Å². The average Bonchev–Trinajstić information content (AvgIpc) is 3.73. The number of hydrogen-bond acceptors (Lipinski definition) is 8. The van der Waals surface area contributed by atoms with Gasteiger partial charge >= 0.3 is 0 Å². The number of amides is 1. The van der Waals surface area contributed by atoms with Crippen molar-refractivity contribution in [2.45, 2.75) is 32.9 Å². The molecule has 348 valence electrons. The Morgan fingerprint density at radius 1 is 0.735 bits per heavy atom. The number of nitrogens with one attached hydrogen (secondary N) is 2. The van der Waals surface area contributed by atoms with E-state index in [9.17, 15) is 4.79 Å². The molecule has 1 aromatic carbocycles. The van der Waals surface area contributed by atoms with Crippen molar-refractivity contribution in [2.24, 2.45) is 37.3 Å². The summed E-state index contributed by atoms with van der Waals surface area (Å²) in [6.45, 7) is 5.32. The number of nitroso groups, excluding NO2 is 1. The van der Waals surface area contributed by atoms with Crippen molar-refractivity contribution >= 4 is 28.2 Å². The van der Waals surface area contributed by atoms with Crippen LogP contribution in [0.1, 0.15) is 53.1 Å². The first kappa shape index (κ1) is 51.1. The molecule has 0 radical (unpaired) electrons. The zero-order chi connectivity index (χ0) is 48.7. The molecule has 1 aliphatic heterocycles. The number of benzene rings is 1. The predicted molar refractivity (Wildman–Crippen MR) is 285 cm³/mol. The molecule has 0 spiro atoms. The second-order valence-corrected chi connectivity index (χ2v) is 12.5. The summed E-state index contributed by atoms with van der Waals surface area (Å²) in [5, 5.41) is 24.5. The molecule has 0 atom stereocenters. The number of hydrogen-bond donors (Lipinski definition) is 3. The van der Waals surface area contributed by atoms with Gasteiger partial charge in [0.2, 0.25) is 0 Å². The van der Waals surface area contributed by atoms with Crippen molar-refractivity contribution in [1.29, 1.82) is 5.53 Å². The Balaban J connectivity index is -0.000000106. The molecule has 4 N–H and O–H groups in total. The molecule has 16 nitrogen and oxygen atoms in total. The summed E-state index contributed by atoms with van der Waals surface area (Å²) in [4.78, 5) is 32.5. The summed E-state index contributed by atoms with van der Waals surface area (Å²) in [5.41, 5.74) is 15.6. The van der Waals surface area contributed by atoms with E-state index in [0.717, 1.165) is 54.5 Å². The fourth-order valence-electron chi connectivity index (χ4n) is 5.38. The molecule has 4 aromatic rings. The first-order valence-electron chi connectivity index (χ1n) is 19.4. The summed E-state index contributed by atoms with van der Waals surface area (Å²) < 4.78 is 1.98. The van der Waals surface area contributed by atoms with Crippen molar-refractivity contribution in [3.8, 4) is 155 Å². The SMILES string of the molecule is C#CC#CC#CC#CC#CC#CC#CC#CC#CC#CC#CC#CC#C.Cc1cc(C(=O)NCc2ccc3c(N)nccc3c2)nn1CC1CCN(c2ccncc2)CC1.N=N/N=N/N=N/N=O.[HH].[HH].[HH].[HH].[HH].[HH].[HH].[HH].[HH].[HH].[HH].[HH].[HH]. The van der Waals surface area contributed by atoms with E-state index in [1.165, 1.54) is 5.69 Å². The highest BCUT2D eigenvalue weighted by atomic mass is 16.3. The number of aromatic nitrogens is 4. The highest BCUT2D eigenvalue weighted by molar-refractivity contribution is 5.93. The normalized spacial score (nSPS) is 9.90. The van der Waals surface area contributed by atoms with Crippen LogP contribution in [0, 0.1) is 178 Å². The van der Waals surface area contributed by atoms with E-state index in [0.29, 0.717) is 24.0 Å². The molecular weight excluding hydrogens is 853 g/mol. The van der Waals surface area contributed by atoms with Crippen LogP contribution in [0.25, 0.3) is 10.8 Å². The van der Waals surface area contributed by atoms with Crippen molar-refractivity contribution in [3.05, 3.63) is 82.9 Å². The lowest BCUT2D eigenvalue weighted by molar-refractivity contribution is 0.0944. The number of piperidine rings is 1. The van der Waals surface area contributed by atoms with Gasteiger partial charge in [0.05, 0.1) is 0 Å². The van der Waals surface area contributed by atoms with E-state index in [1.807, 2.05) is 59.6 Å². The van der Waals surface area contributed by atoms with Gasteiger partial charge in [0, 0.05) is 138 Å². The number of anilines is 2. The van der Waals surface area contributed by atoms with Gasteiger partial charge in [0.1, 0.15) is 16.8 Å². The number of rotatable bonds is 9. The number of carbonyl (C=O) groups excluding carboxylic acids is 1. The minimum atomic E-state index is -0.163. The first-order valence-corrected chi connectivity index (χ1v) is 19.4. The second-order valence-electron chi connectivity index (χ2n) is 12.5. The monoisotopic (exact) mass is 910 g/mol. The fraction of sp³-hybridized carbons (Fsp3) is 0.154. The van der Waals surface area contributed by atoms with Crippen LogP contribution in [-0.2, 0) is 13.1 Å². The zero-order valence-electron chi connectivity index (χ0n) is 36.1. The Labute approximate surface area is 413 Å². The lowest BCUT2D eigenvalue weighted by Gasteiger charge is -2.33. The van der Waals surface area contributed by atoms with E-state index in [-0.39, 0.29) is 24.5 Å². The van der Waals surface area contributed by atoms with E-state index < -0.39 is 0 Å². The summed E-state index contributed by atoms with van der Waals surface area (Å²) in [6, 6.07) is 13.8. The standard InChI is InChI=1S/C26H29N7O.C26H2.HN7O.13H2/c1-18-14-24(26(34)30-16-20-2-3-23-21(15-20)4-11-29-25(23)27)31-33(18)17-19-7-12-32(13-8-19)22-5-9-28-10-6-22;1-3-5-7-9-11-13-15-17-19-21-23-25-26-24-22-20-18-16-14-12-10-8-6-4-2;1-2-3-4-5-6-7-8;;;;;;;;;;;;;/h2-6,9-11,14-15,19H,7-8,12-13,16-17H2,1H3,(H2,27,29)(H,30,34);1-2H;1H;13*1H/b;;2-1?,4-3+,6-5+;;;;;;;;;;;;;. The van der Waals surface area contributed by atoms with Crippen molar-refractivity contribution in [1.82, 2.24) is 25.1 Å². The third-order valence-corrected chi connectivity index (χ3v) is 8.26. The third kappa shape index (κ3) is 21.0. The second kappa shape index (κ2) is 32.5. The number of terminal acetylenes is 2. The van der Waals surface area contributed by atoms with Crippen molar-refractivity contribution in [3.63, 3.8) is 0 Å². The molecular formula is C52H58N14O2. The maximum absolute atomic E-state index is 12.8. The van der Waals surface area contributed by atoms with Crippen LogP contribution in [0.4, 0.5) is 11.5 Å². The number of fused-ring (bicyclic) bond motifs is 1. The average molecular weight is 911 g/mol.